The van der Waals surface area contributed by atoms with E-state index in [4.69, 9.17) is 21.0 Å². The van der Waals surface area contributed by atoms with Crippen molar-refractivity contribution >= 4 is 50.6 Å². The highest BCUT2D eigenvalue weighted by atomic mass is 79.9. The number of halogens is 2. The molecule has 2 aromatic heterocycles. The monoisotopic (exact) mass is 522 g/mol. The van der Waals surface area contributed by atoms with Gasteiger partial charge in [0.25, 0.3) is 5.56 Å². The Kier molecular flexibility index (Phi) is 4.82. The van der Waals surface area contributed by atoms with Crippen LogP contribution in [0, 0.1) is 0 Å². The highest BCUT2D eigenvalue weighted by molar-refractivity contribution is 9.10. The van der Waals surface area contributed by atoms with Gasteiger partial charge in [-0.3, -0.25) is 9.36 Å². The van der Waals surface area contributed by atoms with Crippen LogP contribution in [0.4, 0.5) is 0 Å². The van der Waals surface area contributed by atoms with Crippen molar-refractivity contribution in [1.82, 2.24) is 4.57 Å². The third-order valence-corrected chi connectivity index (χ3v) is 7.59. The van der Waals surface area contributed by atoms with Crippen LogP contribution in [0.25, 0.3) is 11.8 Å². The van der Waals surface area contributed by atoms with Crippen LogP contribution in [0.5, 0.6) is 0 Å². The van der Waals surface area contributed by atoms with Gasteiger partial charge in [-0.15, -0.1) is 0 Å². The maximum atomic E-state index is 13.6. The molecule has 0 fully saturated rings. The number of hydrogen-bond acceptors (Lipinski definition) is 4. The molecule has 1 aliphatic carbocycles. The third kappa shape index (κ3) is 3.25. The summed E-state index contributed by atoms with van der Waals surface area (Å²) in [4.78, 5) is 19.3. The Bertz CT molecular complexity index is 1580. The van der Waals surface area contributed by atoms with Gasteiger partial charge in [-0.25, -0.2) is 4.99 Å². The predicted octanol–water partition coefficient (Wildman–Crippen LogP) is 5.33. The minimum Gasteiger partial charge on any atom is -0.450 e. The Balaban J connectivity index is 1.64. The zero-order chi connectivity index (χ0) is 21.8. The van der Waals surface area contributed by atoms with Crippen molar-refractivity contribution in [2.24, 2.45) is 4.99 Å². The lowest BCUT2D eigenvalue weighted by atomic mass is 9.83. The molecule has 0 N–H and O–H groups in total. The Hall–Kier alpha value is -2.67. The molecule has 0 spiro atoms. The zero-order valence-corrected chi connectivity index (χ0v) is 19.9. The van der Waals surface area contributed by atoms with E-state index in [0.717, 1.165) is 29.7 Å². The molecule has 0 amide bonds. The molecule has 6 rings (SSSR count). The van der Waals surface area contributed by atoms with Crippen molar-refractivity contribution in [3.8, 4) is 0 Å². The fourth-order valence-electron chi connectivity index (χ4n) is 4.50. The molecule has 1 unspecified atom stereocenters. The first kappa shape index (κ1) is 20.0. The van der Waals surface area contributed by atoms with E-state index in [1.807, 2.05) is 47.0 Å². The first-order valence-corrected chi connectivity index (χ1v) is 12.2. The van der Waals surface area contributed by atoms with Crippen LogP contribution in [0.1, 0.15) is 34.9 Å². The summed E-state index contributed by atoms with van der Waals surface area (Å²) in [7, 11) is 0. The summed E-state index contributed by atoms with van der Waals surface area (Å²) < 4.78 is 8.65. The summed E-state index contributed by atoms with van der Waals surface area (Å²) in [5.74, 6) is 0.624. The molecular weight excluding hydrogens is 508 g/mol. The first-order valence-electron chi connectivity index (χ1n) is 10.2. The number of rotatable bonds is 2. The van der Waals surface area contributed by atoms with E-state index in [-0.39, 0.29) is 11.6 Å². The third-order valence-electron chi connectivity index (χ3n) is 5.93. The summed E-state index contributed by atoms with van der Waals surface area (Å²) in [6.07, 6.45) is 3.57. The number of hydrogen-bond donors (Lipinski definition) is 0. The Morgan fingerprint density at radius 3 is 2.69 bits per heavy atom. The van der Waals surface area contributed by atoms with Crippen LogP contribution in [0.2, 0.25) is 5.02 Å². The van der Waals surface area contributed by atoms with Gasteiger partial charge in [-0.1, -0.05) is 59.3 Å². The second kappa shape index (κ2) is 7.73. The van der Waals surface area contributed by atoms with Crippen molar-refractivity contribution in [2.75, 3.05) is 0 Å². The number of thiazole rings is 1. The lowest BCUT2D eigenvalue weighted by Gasteiger charge is -2.30. The lowest BCUT2D eigenvalue weighted by molar-refractivity contribution is 0.531. The lowest BCUT2D eigenvalue weighted by Crippen LogP contribution is -2.38. The van der Waals surface area contributed by atoms with Gasteiger partial charge in [0.1, 0.15) is 5.76 Å². The number of benzene rings is 2. The molecular formula is C25H16BrClN2O2S. The van der Waals surface area contributed by atoms with Crippen molar-refractivity contribution in [2.45, 2.75) is 18.9 Å². The van der Waals surface area contributed by atoms with Crippen molar-refractivity contribution in [1.29, 1.82) is 0 Å². The molecule has 2 aromatic carbocycles. The highest BCUT2D eigenvalue weighted by Crippen LogP contribution is 2.41. The van der Waals surface area contributed by atoms with Crippen molar-refractivity contribution < 1.29 is 4.42 Å². The fraction of sp³-hybridized carbons (Fsp3) is 0.120. The summed E-state index contributed by atoms with van der Waals surface area (Å²) in [5, 5.41) is 0.674. The molecule has 0 saturated carbocycles. The minimum atomic E-state index is -0.211. The molecule has 1 aliphatic heterocycles. The van der Waals surface area contributed by atoms with Crippen molar-refractivity contribution in [3.05, 3.63) is 118 Å². The van der Waals surface area contributed by atoms with E-state index in [1.165, 1.54) is 22.5 Å². The summed E-state index contributed by atoms with van der Waals surface area (Å²) in [6, 6.07) is 19.6. The number of fused-ring (bicyclic) bond motifs is 3. The van der Waals surface area contributed by atoms with Crippen LogP contribution >= 0.6 is 38.9 Å². The van der Waals surface area contributed by atoms with Gasteiger partial charge >= 0.3 is 0 Å². The van der Waals surface area contributed by atoms with Crippen molar-refractivity contribution in [3.63, 3.8) is 0 Å². The van der Waals surface area contributed by atoms with E-state index in [2.05, 4.69) is 34.1 Å². The molecule has 7 heteroatoms. The molecule has 0 radical (unpaired) electrons. The maximum Gasteiger partial charge on any atom is 0.271 e. The van der Waals surface area contributed by atoms with E-state index < -0.39 is 0 Å². The standard InChI is InChI=1S/C25H16BrClN2O2S/c26-21-12-10-17(31-21)13-20-24(30)29-23(15-5-8-16(27)9-6-15)19-11-7-14-3-1-2-4-18(14)22(19)28-25(29)32-20/h1-6,8-10,12-13,23H,7,11H2. The van der Waals surface area contributed by atoms with Gasteiger partial charge in [0.05, 0.1) is 16.3 Å². The molecule has 4 aromatic rings. The molecule has 4 nitrogen and oxygen atoms in total. The Morgan fingerprint density at radius 2 is 1.91 bits per heavy atom. The zero-order valence-electron chi connectivity index (χ0n) is 16.7. The summed E-state index contributed by atoms with van der Waals surface area (Å²) in [5.41, 5.74) is 5.58. The van der Waals surface area contributed by atoms with Crippen LogP contribution in [-0.4, -0.2) is 4.57 Å². The average Bonchev–Trinajstić information content (AvgIpc) is 3.35. The minimum absolute atomic E-state index is 0.0633. The second-order valence-electron chi connectivity index (χ2n) is 7.81. The van der Waals surface area contributed by atoms with E-state index in [1.54, 1.807) is 6.08 Å². The largest absolute Gasteiger partial charge is 0.450 e. The number of aryl methyl sites for hydroxylation is 1. The SMILES string of the molecule is O=c1c(=Cc2ccc(Br)o2)sc2n1C(c1ccc(Cl)cc1)C1=C(N=2)c2ccccc2CC1. The summed E-state index contributed by atoms with van der Waals surface area (Å²) >= 11 is 10.9. The number of aromatic nitrogens is 1. The molecule has 0 bridgehead atoms. The average molecular weight is 524 g/mol. The first-order chi connectivity index (χ1) is 15.6. The molecule has 158 valence electrons. The fourth-order valence-corrected chi connectivity index (χ4v) is 5.93. The number of allylic oxidation sites excluding steroid dienone is 1. The van der Waals surface area contributed by atoms with Gasteiger partial charge in [0, 0.05) is 16.7 Å². The molecule has 1 atom stereocenters. The normalized spacial score (nSPS) is 17.6. The Labute approximate surface area is 200 Å². The Morgan fingerprint density at radius 1 is 1.09 bits per heavy atom. The maximum absolute atomic E-state index is 13.6. The van der Waals surface area contributed by atoms with Gasteiger partial charge in [-0.2, -0.15) is 0 Å². The molecule has 0 saturated heterocycles. The van der Waals surface area contributed by atoms with Gasteiger partial charge < -0.3 is 4.42 Å². The molecule has 2 aliphatic rings. The highest BCUT2D eigenvalue weighted by Gasteiger charge is 2.32. The molecule has 32 heavy (non-hydrogen) atoms. The predicted molar refractivity (Wildman–Crippen MR) is 131 cm³/mol. The topological polar surface area (TPSA) is 47.5 Å². The van der Waals surface area contributed by atoms with E-state index in [0.29, 0.717) is 24.8 Å². The van der Waals surface area contributed by atoms with Crippen LogP contribution in [0.3, 0.4) is 0 Å². The number of furan rings is 1. The van der Waals surface area contributed by atoms with E-state index >= 15 is 0 Å². The number of nitrogens with zero attached hydrogens (tertiary/aromatic N) is 2. The van der Waals surface area contributed by atoms with Crippen LogP contribution < -0.4 is 14.9 Å². The smallest absolute Gasteiger partial charge is 0.271 e. The van der Waals surface area contributed by atoms with Gasteiger partial charge in [0.15, 0.2) is 9.47 Å². The van der Waals surface area contributed by atoms with Crippen LogP contribution in [0.15, 0.2) is 85.1 Å². The van der Waals surface area contributed by atoms with Crippen LogP contribution in [-0.2, 0) is 6.42 Å². The summed E-state index contributed by atoms with van der Waals surface area (Å²) in [6.45, 7) is 0. The second-order valence-corrected chi connectivity index (χ2v) is 10.0. The van der Waals surface area contributed by atoms with E-state index in [9.17, 15) is 4.79 Å². The van der Waals surface area contributed by atoms with Gasteiger partial charge in [0.2, 0.25) is 0 Å². The molecule has 3 heterocycles. The van der Waals surface area contributed by atoms with Gasteiger partial charge in [-0.05, 0) is 69.7 Å². The quantitative estimate of drug-likeness (QED) is 0.357.